The molecular formula is C11H19N3O3. The van der Waals surface area contributed by atoms with Gasteiger partial charge in [0.2, 0.25) is 0 Å². The summed E-state index contributed by atoms with van der Waals surface area (Å²) in [6.07, 6.45) is 3.25. The molecule has 0 unspecified atom stereocenters. The van der Waals surface area contributed by atoms with Gasteiger partial charge in [-0.15, -0.1) is 0 Å². The smallest absolute Gasteiger partial charge is 0.293 e. The molecule has 0 spiro atoms. The SMILES string of the molecule is CCn1ccnc(N(CCO)CCOC)c1=O. The van der Waals surface area contributed by atoms with Crippen LogP contribution < -0.4 is 10.5 Å². The molecule has 0 amide bonds. The first kappa shape index (κ1) is 13.7. The molecule has 1 aromatic rings. The monoisotopic (exact) mass is 241 g/mol. The van der Waals surface area contributed by atoms with E-state index in [0.717, 1.165) is 0 Å². The molecule has 0 saturated carbocycles. The van der Waals surface area contributed by atoms with E-state index in [1.165, 1.54) is 0 Å². The zero-order valence-electron chi connectivity index (χ0n) is 10.3. The molecule has 6 heteroatoms. The summed E-state index contributed by atoms with van der Waals surface area (Å²) in [5.74, 6) is 0.362. The molecule has 0 fully saturated rings. The van der Waals surface area contributed by atoms with Crippen molar-refractivity contribution in [3.05, 3.63) is 22.7 Å². The lowest BCUT2D eigenvalue weighted by Crippen LogP contribution is -2.37. The molecule has 17 heavy (non-hydrogen) atoms. The maximum Gasteiger partial charge on any atom is 0.293 e. The molecule has 0 aromatic carbocycles. The van der Waals surface area contributed by atoms with Crippen LogP contribution in [0.25, 0.3) is 0 Å². The second kappa shape index (κ2) is 7.03. The first-order chi connectivity index (χ1) is 8.24. The largest absolute Gasteiger partial charge is 0.395 e. The van der Waals surface area contributed by atoms with Gasteiger partial charge in [-0.1, -0.05) is 0 Å². The van der Waals surface area contributed by atoms with Gasteiger partial charge in [0.25, 0.3) is 5.56 Å². The van der Waals surface area contributed by atoms with Crippen molar-refractivity contribution in [1.82, 2.24) is 9.55 Å². The van der Waals surface area contributed by atoms with Crippen LogP contribution >= 0.6 is 0 Å². The van der Waals surface area contributed by atoms with E-state index in [0.29, 0.717) is 32.1 Å². The van der Waals surface area contributed by atoms with E-state index >= 15 is 0 Å². The first-order valence-corrected chi connectivity index (χ1v) is 5.64. The van der Waals surface area contributed by atoms with Crippen molar-refractivity contribution >= 4 is 5.82 Å². The predicted molar refractivity (Wildman–Crippen MR) is 65.3 cm³/mol. The Balaban J connectivity index is 2.96. The summed E-state index contributed by atoms with van der Waals surface area (Å²) in [4.78, 5) is 17.8. The summed E-state index contributed by atoms with van der Waals surface area (Å²) in [5, 5.41) is 9.00. The third-order valence-corrected chi connectivity index (χ3v) is 2.47. The minimum absolute atomic E-state index is 0.0220. The molecule has 1 heterocycles. The standard InChI is InChI=1S/C11H19N3O3/c1-3-13-5-4-12-10(11(13)16)14(6-8-15)7-9-17-2/h4-5,15H,3,6-9H2,1-2H3. The summed E-state index contributed by atoms with van der Waals surface area (Å²) in [6.45, 7) is 3.88. The average molecular weight is 241 g/mol. The van der Waals surface area contributed by atoms with Crippen LogP contribution in [0, 0.1) is 0 Å². The molecule has 1 aromatic heterocycles. The quantitative estimate of drug-likeness (QED) is 0.710. The number of aliphatic hydroxyl groups excluding tert-OH is 1. The lowest BCUT2D eigenvalue weighted by atomic mass is 10.4. The zero-order valence-corrected chi connectivity index (χ0v) is 10.3. The number of aliphatic hydroxyl groups is 1. The summed E-state index contributed by atoms with van der Waals surface area (Å²) in [5.41, 5.74) is -0.139. The number of anilines is 1. The molecular weight excluding hydrogens is 222 g/mol. The Kier molecular flexibility index (Phi) is 5.65. The fourth-order valence-electron chi connectivity index (χ4n) is 1.55. The van der Waals surface area contributed by atoms with Crippen LogP contribution in [-0.2, 0) is 11.3 Å². The third-order valence-electron chi connectivity index (χ3n) is 2.47. The molecule has 0 aliphatic heterocycles. The van der Waals surface area contributed by atoms with Crippen molar-refractivity contribution in [3.8, 4) is 0 Å². The topological polar surface area (TPSA) is 67.6 Å². The fourth-order valence-corrected chi connectivity index (χ4v) is 1.55. The lowest BCUT2D eigenvalue weighted by molar-refractivity contribution is 0.202. The van der Waals surface area contributed by atoms with E-state index in [1.54, 1.807) is 29.0 Å². The van der Waals surface area contributed by atoms with Gasteiger partial charge in [0.05, 0.1) is 13.2 Å². The highest BCUT2D eigenvalue weighted by Crippen LogP contribution is 2.02. The van der Waals surface area contributed by atoms with Crippen LogP contribution in [0.15, 0.2) is 17.2 Å². The highest BCUT2D eigenvalue weighted by molar-refractivity contribution is 5.35. The van der Waals surface area contributed by atoms with E-state index in [4.69, 9.17) is 9.84 Å². The van der Waals surface area contributed by atoms with E-state index in [-0.39, 0.29) is 12.2 Å². The van der Waals surface area contributed by atoms with E-state index in [9.17, 15) is 4.79 Å². The van der Waals surface area contributed by atoms with Crippen molar-refractivity contribution in [1.29, 1.82) is 0 Å². The Labute approximate surface area is 100 Å². The van der Waals surface area contributed by atoms with Crippen LogP contribution in [0.4, 0.5) is 5.82 Å². The van der Waals surface area contributed by atoms with E-state index in [1.807, 2.05) is 6.92 Å². The molecule has 1 rings (SSSR count). The molecule has 0 aliphatic carbocycles. The van der Waals surface area contributed by atoms with Gasteiger partial charge in [-0.2, -0.15) is 0 Å². The second-order valence-electron chi connectivity index (χ2n) is 3.55. The number of hydrogen-bond acceptors (Lipinski definition) is 5. The van der Waals surface area contributed by atoms with E-state index < -0.39 is 0 Å². The number of aryl methyl sites for hydroxylation is 1. The predicted octanol–water partition coefficient (Wildman–Crippen LogP) is -0.292. The van der Waals surface area contributed by atoms with Gasteiger partial charge in [0.15, 0.2) is 5.82 Å². The molecule has 1 N–H and O–H groups in total. The van der Waals surface area contributed by atoms with Gasteiger partial charge in [-0.25, -0.2) is 4.98 Å². The van der Waals surface area contributed by atoms with Gasteiger partial charge in [0.1, 0.15) is 0 Å². The minimum atomic E-state index is -0.139. The van der Waals surface area contributed by atoms with Crippen LogP contribution in [0.3, 0.4) is 0 Å². The summed E-state index contributed by atoms with van der Waals surface area (Å²) in [6, 6.07) is 0. The fraction of sp³-hybridized carbons (Fsp3) is 0.636. The molecule has 0 atom stereocenters. The number of methoxy groups -OCH3 is 1. The Bertz CT molecular complexity index is 392. The van der Waals surface area contributed by atoms with Crippen molar-refractivity contribution in [2.45, 2.75) is 13.5 Å². The number of hydrogen-bond donors (Lipinski definition) is 1. The van der Waals surface area contributed by atoms with Crippen LogP contribution in [0.2, 0.25) is 0 Å². The summed E-state index contributed by atoms with van der Waals surface area (Å²) < 4.78 is 6.56. The van der Waals surface area contributed by atoms with Crippen molar-refractivity contribution in [3.63, 3.8) is 0 Å². The Morgan fingerprint density at radius 1 is 1.53 bits per heavy atom. The highest BCUT2D eigenvalue weighted by atomic mass is 16.5. The summed E-state index contributed by atoms with van der Waals surface area (Å²) in [7, 11) is 1.60. The Hall–Kier alpha value is -1.40. The molecule has 0 aliphatic rings. The van der Waals surface area contributed by atoms with Crippen LogP contribution in [0.5, 0.6) is 0 Å². The van der Waals surface area contributed by atoms with Gasteiger partial charge in [-0.3, -0.25) is 4.79 Å². The van der Waals surface area contributed by atoms with Crippen molar-refractivity contribution in [2.75, 3.05) is 38.3 Å². The lowest BCUT2D eigenvalue weighted by Gasteiger charge is -2.21. The van der Waals surface area contributed by atoms with Crippen molar-refractivity contribution < 1.29 is 9.84 Å². The average Bonchev–Trinajstić information content (AvgIpc) is 2.35. The Morgan fingerprint density at radius 3 is 2.88 bits per heavy atom. The second-order valence-corrected chi connectivity index (χ2v) is 3.55. The highest BCUT2D eigenvalue weighted by Gasteiger charge is 2.12. The number of rotatable bonds is 7. The first-order valence-electron chi connectivity index (χ1n) is 5.64. The van der Waals surface area contributed by atoms with Gasteiger partial charge in [0, 0.05) is 39.1 Å². The number of aromatic nitrogens is 2. The molecule has 0 saturated heterocycles. The zero-order chi connectivity index (χ0) is 12.7. The van der Waals surface area contributed by atoms with Crippen LogP contribution in [-0.4, -0.2) is 48.1 Å². The number of ether oxygens (including phenoxy) is 1. The van der Waals surface area contributed by atoms with Crippen molar-refractivity contribution in [2.24, 2.45) is 0 Å². The number of nitrogens with zero attached hydrogens (tertiary/aromatic N) is 3. The van der Waals surface area contributed by atoms with Gasteiger partial charge >= 0.3 is 0 Å². The molecule has 6 nitrogen and oxygen atoms in total. The molecule has 0 bridgehead atoms. The third kappa shape index (κ3) is 3.54. The molecule has 96 valence electrons. The summed E-state index contributed by atoms with van der Waals surface area (Å²) >= 11 is 0. The normalized spacial score (nSPS) is 10.5. The maximum atomic E-state index is 12.0. The minimum Gasteiger partial charge on any atom is -0.395 e. The van der Waals surface area contributed by atoms with E-state index in [2.05, 4.69) is 4.98 Å². The van der Waals surface area contributed by atoms with Crippen LogP contribution in [0.1, 0.15) is 6.92 Å². The maximum absolute atomic E-state index is 12.0. The van der Waals surface area contributed by atoms with Gasteiger partial charge in [-0.05, 0) is 6.92 Å². The molecule has 0 radical (unpaired) electrons. The van der Waals surface area contributed by atoms with Gasteiger partial charge < -0.3 is 19.3 Å². The Morgan fingerprint density at radius 2 is 2.29 bits per heavy atom.